The summed E-state index contributed by atoms with van der Waals surface area (Å²) >= 11 is 0. The highest BCUT2D eigenvalue weighted by Gasteiger charge is 2.51. The van der Waals surface area contributed by atoms with E-state index in [0.717, 1.165) is 5.57 Å². The quantitative estimate of drug-likeness (QED) is 0.252. The maximum Gasteiger partial charge on any atom is 0.334 e. The van der Waals surface area contributed by atoms with Crippen LogP contribution in [0.2, 0.25) is 0 Å². The van der Waals surface area contributed by atoms with Crippen molar-refractivity contribution in [2.75, 3.05) is 0 Å². The monoisotopic (exact) mass is 280 g/mol. The molecule has 1 saturated heterocycles. The van der Waals surface area contributed by atoms with E-state index >= 15 is 0 Å². The van der Waals surface area contributed by atoms with E-state index in [1.807, 2.05) is 13.0 Å². The van der Waals surface area contributed by atoms with Crippen molar-refractivity contribution in [3.05, 3.63) is 23.8 Å². The number of rotatable bonds is 1. The number of ether oxygens (including phenoxy) is 1. The van der Waals surface area contributed by atoms with Crippen LogP contribution in [0.4, 0.5) is 0 Å². The molecule has 0 amide bonds. The van der Waals surface area contributed by atoms with Gasteiger partial charge in [-0.1, -0.05) is 19.6 Å². The average Bonchev–Trinajstić information content (AvgIpc) is 2.71. The Morgan fingerprint density at radius 3 is 3.00 bits per heavy atom. The van der Waals surface area contributed by atoms with E-state index in [0.29, 0.717) is 31.3 Å². The highest BCUT2D eigenvalue weighted by molar-refractivity contribution is 5.91. The molecule has 3 rings (SSSR count). The zero-order chi connectivity index (χ0) is 14.5. The van der Waals surface area contributed by atoms with E-state index in [-0.39, 0.29) is 17.4 Å². The summed E-state index contributed by atoms with van der Waals surface area (Å²) in [4.78, 5) is 16.3. The zero-order valence-electron chi connectivity index (χ0n) is 11.5. The zero-order valence-corrected chi connectivity index (χ0v) is 11.5. The van der Waals surface area contributed by atoms with Gasteiger partial charge in [-0.2, -0.15) is 0 Å². The van der Waals surface area contributed by atoms with Crippen LogP contribution < -0.4 is 0 Å². The third-order valence-corrected chi connectivity index (χ3v) is 5.14. The lowest BCUT2D eigenvalue weighted by molar-refractivity contribution is -0.276. The van der Waals surface area contributed by atoms with Crippen LogP contribution in [0.25, 0.3) is 0 Å². The molecule has 1 heterocycles. The number of fused-ring (bicyclic) bond motifs is 3. The van der Waals surface area contributed by atoms with Crippen molar-refractivity contribution >= 4 is 5.97 Å². The minimum Gasteiger partial charge on any atom is -0.456 e. The van der Waals surface area contributed by atoms with Crippen LogP contribution in [0.3, 0.4) is 0 Å². The molecule has 2 aliphatic carbocycles. The maximum absolute atomic E-state index is 11.7. The second-order valence-electron chi connectivity index (χ2n) is 6.42. The van der Waals surface area contributed by atoms with Crippen molar-refractivity contribution < 1.29 is 24.8 Å². The fourth-order valence-electron chi connectivity index (χ4n) is 3.76. The Labute approximate surface area is 117 Å². The minimum atomic E-state index is -0.723. The topological polar surface area (TPSA) is 76.0 Å². The van der Waals surface area contributed by atoms with E-state index in [9.17, 15) is 9.90 Å². The van der Waals surface area contributed by atoms with Crippen molar-refractivity contribution in [2.24, 2.45) is 11.3 Å². The first-order valence-electron chi connectivity index (χ1n) is 7.03. The Bertz CT molecular complexity index is 483. The Balaban J connectivity index is 1.99. The molecule has 5 atom stereocenters. The number of esters is 1. The molecule has 0 radical (unpaired) electrons. The molecule has 0 aromatic rings. The number of aliphatic hydroxyl groups is 1. The van der Waals surface area contributed by atoms with Gasteiger partial charge in [0.15, 0.2) is 0 Å². The molecular formula is C15H20O5. The Kier molecular flexibility index (Phi) is 3.23. The number of allylic oxidation sites excluding steroid dienone is 1. The van der Waals surface area contributed by atoms with Crippen LogP contribution in [0.5, 0.6) is 0 Å². The lowest BCUT2D eigenvalue weighted by Crippen LogP contribution is -2.48. The van der Waals surface area contributed by atoms with Crippen molar-refractivity contribution in [3.63, 3.8) is 0 Å². The minimum absolute atomic E-state index is 0.190. The molecule has 2 N–H and O–H groups in total. The van der Waals surface area contributed by atoms with E-state index in [1.54, 1.807) is 0 Å². The third-order valence-electron chi connectivity index (χ3n) is 5.14. The molecule has 20 heavy (non-hydrogen) atoms. The van der Waals surface area contributed by atoms with Crippen LogP contribution >= 0.6 is 0 Å². The summed E-state index contributed by atoms with van der Waals surface area (Å²) < 4.78 is 5.34. The van der Waals surface area contributed by atoms with Crippen LogP contribution in [0.1, 0.15) is 32.6 Å². The van der Waals surface area contributed by atoms with E-state index < -0.39 is 18.2 Å². The SMILES string of the molecule is C=C1C(=O)O[C@@H]2[C@@H](O)[C@]3(C)CC[C@@H](OO)/C(=C/C[C@@H]12)C3. The van der Waals surface area contributed by atoms with Crippen molar-refractivity contribution in [2.45, 2.75) is 50.9 Å². The Morgan fingerprint density at radius 2 is 2.30 bits per heavy atom. The van der Waals surface area contributed by atoms with Gasteiger partial charge in [0, 0.05) is 16.9 Å². The smallest absolute Gasteiger partial charge is 0.334 e. The van der Waals surface area contributed by atoms with Gasteiger partial charge in [-0.05, 0) is 31.3 Å². The average molecular weight is 280 g/mol. The number of aliphatic hydroxyl groups excluding tert-OH is 1. The predicted octanol–water partition coefficient (Wildman–Crippen LogP) is 1.82. The molecule has 1 saturated carbocycles. The molecule has 110 valence electrons. The molecule has 2 fully saturated rings. The molecule has 5 heteroatoms. The van der Waals surface area contributed by atoms with Crippen molar-refractivity contribution in [1.82, 2.24) is 0 Å². The summed E-state index contributed by atoms with van der Waals surface area (Å²) in [5, 5.41) is 19.7. The molecule has 5 nitrogen and oxygen atoms in total. The van der Waals surface area contributed by atoms with Crippen LogP contribution in [0.15, 0.2) is 23.8 Å². The fourth-order valence-corrected chi connectivity index (χ4v) is 3.76. The Morgan fingerprint density at radius 1 is 1.55 bits per heavy atom. The van der Waals surface area contributed by atoms with Gasteiger partial charge in [-0.3, -0.25) is 5.26 Å². The van der Waals surface area contributed by atoms with Gasteiger partial charge < -0.3 is 9.84 Å². The molecule has 0 aromatic heterocycles. The molecule has 0 spiro atoms. The van der Waals surface area contributed by atoms with Gasteiger partial charge in [-0.25, -0.2) is 9.68 Å². The van der Waals surface area contributed by atoms with E-state index in [4.69, 9.17) is 9.99 Å². The third kappa shape index (κ3) is 1.92. The summed E-state index contributed by atoms with van der Waals surface area (Å²) in [6, 6.07) is 0. The lowest BCUT2D eigenvalue weighted by atomic mass is 9.64. The van der Waals surface area contributed by atoms with Crippen molar-refractivity contribution in [3.8, 4) is 0 Å². The predicted molar refractivity (Wildman–Crippen MR) is 70.7 cm³/mol. The van der Waals surface area contributed by atoms with Crippen LogP contribution in [0, 0.1) is 11.3 Å². The van der Waals surface area contributed by atoms with E-state index in [1.165, 1.54) is 0 Å². The lowest BCUT2D eigenvalue weighted by Gasteiger charge is -2.45. The summed E-state index contributed by atoms with van der Waals surface area (Å²) in [7, 11) is 0. The highest BCUT2D eigenvalue weighted by atomic mass is 17.1. The molecule has 1 aliphatic heterocycles. The first kappa shape index (κ1) is 13.8. The summed E-state index contributed by atoms with van der Waals surface area (Å²) in [6.07, 6.45) is 3.06. The van der Waals surface area contributed by atoms with Gasteiger partial charge >= 0.3 is 5.97 Å². The first-order chi connectivity index (χ1) is 9.46. The summed E-state index contributed by atoms with van der Waals surface area (Å²) in [5.41, 5.74) is 1.05. The van der Waals surface area contributed by atoms with Crippen molar-refractivity contribution in [1.29, 1.82) is 0 Å². The van der Waals surface area contributed by atoms with Gasteiger partial charge in [0.25, 0.3) is 0 Å². The van der Waals surface area contributed by atoms with E-state index in [2.05, 4.69) is 11.5 Å². The van der Waals surface area contributed by atoms with Crippen LogP contribution in [-0.4, -0.2) is 34.6 Å². The second kappa shape index (κ2) is 4.69. The number of carbonyl (C=O) groups is 1. The number of carbonyl (C=O) groups excluding carboxylic acids is 1. The summed E-state index contributed by atoms with van der Waals surface area (Å²) in [5.74, 6) is -0.600. The fraction of sp³-hybridized carbons (Fsp3) is 0.667. The first-order valence-corrected chi connectivity index (χ1v) is 7.03. The van der Waals surface area contributed by atoms with Gasteiger partial charge in [0.05, 0.1) is 6.10 Å². The molecule has 3 aliphatic rings. The largest absolute Gasteiger partial charge is 0.456 e. The van der Waals surface area contributed by atoms with Gasteiger partial charge in [0.2, 0.25) is 0 Å². The molecule has 2 bridgehead atoms. The molecule has 0 aromatic carbocycles. The standard InChI is InChI=1S/C15H20O5/c1-8-10-4-3-9-7-15(2,6-5-11(9)20-18)13(16)12(10)19-14(8)17/h3,10-13,16,18H,1,4-7H2,2H3/b9-3+/t10-,11+,12-,13+,15+/m0/s1. The molecule has 0 unspecified atom stereocenters. The highest BCUT2D eigenvalue weighted by Crippen LogP contribution is 2.49. The van der Waals surface area contributed by atoms with Gasteiger partial charge in [-0.15, -0.1) is 0 Å². The maximum atomic E-state index is 11.7. The van der Waals surface area contributed by atoms with Gasteiger partial charge in [0.1, 0.15) is 12.2 Å². The second-order valence-corrected chi connectivity index (χ2v) is 6.42. The normalized spacial score (nSPS) is 46.9. The van der Waals surface area contributed by atoms with Crippen LogP contribution in [-0.2, 0) is 14.4 Å². The molecular weight excluding hydrogens is 260 g/mol. The number of hydrogen-bond donors (Lipinski definition) is 2. The Hall–Kier alpha value is -1.17. The summed E-state index contributed by atoms with van der Waals surface area (Å²) in [6.45, 7) is 5.78. The number of hydrogen-bond acceptors (Lipinski definition) is 5.